The fourth-order valence-electron chi connectivity index (χ4n) is 3.32. The first-order chi connectivity index (χ1) is 16.6. The van der Waals surface area contributed by atoms with Crippen LogP contribution in [0, 0.1) is 11.7 Å². The van der Waals surface area contributed by atoms with E-state index in [0.29, 0.717) is 11.3 Å². The number of sulfonamides is 1. The highest BCUT2D eigenvalue weighted by atomic mass is 32.2. The average molecular weight is 501 g/mol. The van der Waals surface area contributed by atoms with Crippen molar-refractivity contribution in [3.8, 4) is 0 Å². The van der Waals surface area contributed by atoms with Crippen LogP contribution in [0.15, 0.2) is 60.0 Å². The number of hydrogen-bond acceptors (Lipinski definition) is 7. The number of nitrogens with zero attached hydrogens (tertiary/aromatic N) is 5. The van der Waals surface area contributed by atoms with Crippen molar-refractivity contribution in [2.45, 2.75) is 26.3 Å². The SMILES string of the molecule is CC(C)N(C(=O)C(Cc1nnnn1C)C(=O)NS(=O)(=O)/C=C/c1ccccc1)c1ccc(F)cc1. The summed E-state index contributed by atoms with van der Waals surface area (Å²) < 4.78 is 41.9. The summed E-state index contributed by atoms with van der Waals surface area (Å²) in [6, 6.07) is 13.4. The topological polar surface area (TPSA) is 127 Å². The zero-order valence-electron chi connectivity index (χ0n) is 19.4. The second kappa shape index (κ2) is 11.0. The fourth-order valence-corrected chi connectivity index (χ4v) is 4.15. The second-order valence-electron chi connectivity index (χ2n) is 7.98. The minimum atomic E-state index is -4.22. The number of aryl methyl sites for hydroxylation is 1. The van der Waals surface area contributed by atoms with Gasteiger partial charge in [0.2, 0.25) is 11.8 Å². The third-order valence-corrected chi connectivity index (χ3v) is 6.03. The van der Waals surface area contributed by atoms with Crippen molar-refractivity contribution in [1.82, 2.24) is 24.9 Å². The van der Waals surface area contributed by atoms with E-state index in [0.717, 1.165) is 5.41 Å². The Kier molecular flexibility index (Phi) is 8.07. The predicted molar refractivity (Wildman–Crippen MR) is 128 cm³/mol. The molecular weight excluding hydrogens is 475 g/mol. The molecule has 12 heteroatoms. The number of carbonyl (C=O) groups excluding carboxylic acids is 2. The lowest BCUT2D eigenvalue weighted by molar-refractivity contribution is -0.132. The first-order valence-corrected chi connectivity index (χ1v) is 12.2. The molecule has 184 valence electrons. The summed E-state index contributed by atoms with van der Waals surface area (Å²) >= 11 is 0. The van der Waals surface area contributed by atoms with Gasteiger partial charge in [0, 0.05) is 25.2 Å². The lowest BCUT2D eigenvalue weighted by Crippen LogP contribution is -2.48. The van der Waals surface area contributed by atoms with Gasteiger partial charge in [0.25, 0.3) is 10.0 Å². The Bertz CT molecular complexity index is 1310. The Balaban J connectivity index is 1.91. The number of rotatable bonds is 9. The number of nitrogens with one attached hydrogen (secondary N) is 1. The van der Waals surface area contributed by atoms with E-state index in [1.54, 1.807) is 44.2 Å². The first kappa shape index (κ1) is 25.7. The van der Waals surface area contributed by atoms with Crippen molar-refractivity contribution in [2.75, 3.05) is 4.90 Å². The molecule has 3 aromatic rings. The van der Waals surface area contributed by atoms with E-state index in [2.05, 4.69) is 15.5 Å². The van der Waals surface area contributed by atoms with Crippen molar-refractivity contribution < 1.29 is 22.4 Å². The highest BCUT2D eigenvalue weighted by Gasteiger charge is 2.36. The molecule has 2 aromatic carbocycles. The summed E-state index contributed by atoms with van der Waals surface area (Å²) in [5.41, 5.74) is 0.970. The zero-order valence-corrected chi connectivity index (χ0v) is 20.2. The maximum atomic E-state index is 13.6. The van der Waals surface area contributed by atoms with Crippen LogP contribution in [0.4, 0.5) is 10.1 Å². The van der Waals surface area contributed by atoms with Gasteiger partial charge in [0.15, 0.2) is 5.82 Å². The van der Waals surface area contributed by atoms with Crippen LogP contribution in [0.25, 0.3) is 6.08 Å². The molecule has 0 fully saturated rings. The van der Waals surface area contributed by atoms with Gasteiger partial charge in [-0.05, 0) is 60.2 Å². The first-order valence-electron chi connectivity index (χ1n) is 10.7. The average Bonchev–Trinajstić information content (AvgIpc) is 3.22. The summed E-state index contributed by atoms with van der Waals surface area (Å²) in [6.45, 7) is 3.44. The van der Waals surface area contributed by atoms with Crippen molar-refractivity contribution in [3.63, 3.8) is 0 Å². The van der Waals surface area contributed by atoms with Crippen molar-refractivity contribution >= 4 is 33.6 Å². The van der Waals surface area contributed by atoms with Crippen LogP contribution in [0.1, 0.15) is 25.2 Å². The monoisotopic (exact) mass is 500 g/mol. The molecule has 0 bridgehead atoms. The van der Waals surface area contributed by atoms with Crippen LogP contribution in [-0.4, -0.2) is 46.5 Å². The molecular formula is C23H25FN6O4S. The van der Waals surface area contributed by atoms with Crippen molar-refractivity contribution in [1.29, 1.82) is 0 Å². The molecule has 0 aliphatic carbocycles. The largest absolute Gasteiger partial charge is 0.309 e. The smallest absolute Gasteiger partial charge is 0.257 e. The van der Waals surface area contributed by atoms with Crippen LogP contribution >= 0.6 is 0 Å². The molecule has 35 heavy (non-hydrogen) atoms. The maximum Gasteiger partial charge on any atom is 0.257 e. The van der Waals surface area contributed by atoms with Gasteiger partial charge >= 0.3 is 0 Å². The molecule has 0 saturated carbocycles. The number of amides is 2. The van der Waals surface area contributed by atoms with Gasteiger partial charge in [-0.25, -0.2) is 22.2 Å². The quantitative estimate of drug-likeness (QED) is 0.446. The molecule has 1 N–H and O–H groups in total. The van der Waals surface area contributed by atoms with Gasteiger partial charge < -0.3 is 4.90 Å². The van der Waals surface area contributed by atoms with Crippen molar-refractivity contribution in [3.05, 3.63) is 77.2 Å². The molecule has 0 saturated heterocycles. The lowest BCUT2D eigenvalue weighted by Gasteiger charge is -2.30. The van der Waals surface area contributed by atoms with Gasteiger partial charge in [-0.2, -0.15) is 0 Å². The maximum absolute atomic E-state index is 13.6. The molecule has 0 spiro atoms. The molecule has 2 amide bonds. The minimum Gasteiger partial charge on any atom is -0.309 e. The number of benzene rings is 2. The molecule has 1 unspecified atom stereocenters. The number of hydrogen-bond donors (Lipinski definition) is 1. The van der Waals surface area contributed by atoms with Gasteiger partial charge in [0.05, 0.1) is 5.41 Å². The van der Waals surface area contributed by atoms with Crippen molar-refractivity contribution in [2.24, 2.45) is 13.0 Å². The summed E-state index contributed by atoms with van der Waals surface area (Å²) in [5, 5.41) is 11.9. The van der Waals surface area contributed by atoms with E-state index in [1.165, 1.54) is 47.0 Å². The summed E-state index contributed by atoms with van der Waals surface area (Å²) in [5.74, 6) is -3.48. The minimum absolute atomic E-state index is 0.207. The standard InChI is InChI=1S/C23H25FN6O4S/c1-16(2)30(19-11-9-18(24)10-12-19)23(32)20(15-21-25-27-28-29(21)3)22(31)26-35(33,34)14-13-17-7-5-4-6-8-17/h4-14,16,20H,15H2,1-3H3,(H,26,31)/b14-13+. The number of aromatic nitrogens is 4. The molecule has 0 aliphatic heterocycles. The van der Waals surface area contributed by atoms with E-state index in [-0.39, 0.29) is 12.2 Å². The van der Waals surface area contributed by atoms with Gasteiger partial charge in [-0.1, -0.05) is 30.3 Å². The van der Waals surface area contributed by atoms with E-state index >= 15 is 0 Å². The molecule has 0 aliphatic rings. The normalized spacial score (nSPS) is 12.6. The van der Waals surface area contributed by atoms with Gasteiger partial charge in [-0.15, -0.1) is 5.10 Å². The summed E-state index contributed by atoms with van der Waals surface area (Å²) in [6.07, 6.45) is 1.08. The summed E-state index contributed by atoms with van der Waals surface area (Å²) in [7, 11) is -2.69. The molecule has 1 aromatic heterocycles. The Morgan fingerprint density at radius 3 is 2.34 bits per heavy atom. The third kappa shape index (κ3) is 6.79. The summed E-state index contributed by atoms with van der Waals surface area (Å²) in [4.78, 5) is 28.1. The van der Waals surface area contributed by atoms with Crippen LogP contribution in [0.2, 0.25) is 0 Å². The van der Waals surface area contributed by atoms with Crippen LogP contribution in [0.3, 0.4) is 0 Å². The highest BCUT2D eigenvalue weighted by molar-refractivity contribution is 7.93. The molecule has 10 nitrogen and oxygen atoms in total. The Morgan fingerprint density at radius 1 is 1.11 bits per heavy atom. The molecule has 1 atom stereocenters. The third-order valence-electron chi connectivity index (χ3n) is 5.05. The van der Waals surface area contributed by atoms with Crippen LogP contribution in [-0.2, 0) is 33.1 Å². The van der Waals surface area contributed by atoms with E-state index < -0.39 is 39.6 Å². The predicted octanol–water partition coefficient (Wildman–Crippen LogP) is 2.07. The molecule has 1 heterocycles. The number of halogens is 1. The highest BCUT2D eigenvalue weighted by Crippen LogP contribution is 2.22. The van der Waals surface area contributed by atoms with E-state index in [1.807, 2.05) is 4.72 Å². The number of tetrazole rings is 1. The Labute approximate surface area is 202 Å². The molecule has 3 rings (SSSR count). The van der Waals surface area contributed by atoms with Gasteiger partial charge in [-0.3, -0.25) is 9.59 Å². The molecule has 0 radical (unpaired) electrons. The van der Waals surface area contributed by atoms with Gasteiger partial charge in [0.1, 0.15) is 11.7 Å². The Hall–Kier alpha value is -3.93. The number of carbonyl (C=O) groups is 2. The van der Waals surface area contributed by atoms with E-state index in [9.17, 15) is 22.4 Å². The zero-order chi connectivity index (χ0) is 25.6. The fraction of sp³-hybridized carbons (Fsp3) is 0.261. The number of anilines is 1. The van der Waals surface area contributed by atoms with Crippen LogP contribution < -0.4 is 9.62 Å². The van der Waals surface area contributed by atoms with Crippen LogP contribution in [0.5, 0.6) is 0 Å². The lowest BCUT2D eigenvalue weighted by atomic mass is 10.0. The second-order valence-corrected chi connectivity index (χ2v) is 9.54. The van der Waals surface area contributed by atoms with E-state index in [4.69, 9.17) is 0 Å². The Morgan fingerprint density at radius 2 is 1.77 bits per heavy atom.